The Kier molecular flexibility index (Phi) is 2.43. The van der Waals surface area contributed by atoms with E-state index in [9.17, 15) is 0 Å². The van der Waals surface area contributed by atoms with E-state index in [4.69, 9.17) is 5.73 Å². The topological polar surface area (TPSA) is 56.7 Å². The predicted molar refractivity (Wildman–Crippen MR) is 58.1 cm³/mol. The highest BCUT2D eigenvalue weighted by atomic mass is 32.2. The maximum Gasteiger partial charge on any atom is 0.222 e. The Morgan fingerprint density at radius 2 is 2.21 bits per heavy atom. The number of anilines is 1. The van der Waals surface area contributed by atoms with Crippen molar-refractivity contribution in [3.63, 3.8) is 0 Å². The number of nitrogens with two attached hydrogens (primary N) is 1. The SMILES string of the molecule is Cn1c(N)nnc1SCC1(C)CCC1. The molecule has 0 atom stereocenters. The average molecular weight is 212 g/mol. The lowest BCUT2D eigenvalue weighted by Crippen LogP contribution is -2.28. The number of nitrogen functional groups attached to an aromatic ring is 1. The van der Waals surface area contributed by atoms with E-state index < -0.39 is 0 Å². The highest BCUT2D eigenvalue weighted by Crippen LogP contribution is 2.43. The Morgan fingerprint density at radius 1 is 1.50 bits per heavy atom. The molecule has 0 spiro atoms. The van der Waals surface area contributed by atoms with Crippen molar-refractivity contribution in [1.82, 2.24) is 14.8 Å². The van der Waals surface area contributed by atoms with Gasteiger partial charge >= 0.3 is 0 Å². The molecule has 5 heteroatoms. The highest BCUT2D eigenvalue weighted by molar-refractivity contribution is 7.99. The smallest absolute Gasteiger partial charge is 0.222 e. The van der Waals surface area contributed by atoms with Crippen LogP contribution in [0, 0.1) is 5.41 Å². The Labute approximate surface area is 88.3 Å². The molecule has 0 unspecified atom stereocenters. The molecule has 78 valence electrons. The van der Waals surface area contributed by atoms with E-state index >= 15 is 0 Å². The first-order chi connectivity index (χ1) is 6.61. The Balaban J connectivity index is 1.94. The zero-order chi connectivity index (χ0) is 10.2. The summed E-state index contributed by atoms with van der Waals surface area (Å²) in [5.41, 5.74) is 6.12. The van der Waals surface area contributed by atoms with E-state index in [2.05, 4.69) is 17.1 Å². The first kappa shape index (κ1) is 9.83. The molecule has 14 heavy (non-hydrogen) atoms. The van der Waals surface area contributed by atoms with Gasteiger partial charge in [0.2, 0.25) is 5.95 Å². The molecule has 1 saturated carbocycles. The monoisotopic (exact) mass is 212 g/mol. The maximum absolute atomic E-state index is 5.60. The summed E-state index contributed by atoms with van der Waals surface area (Å²) in [6.45, 7) is 2.34. The molecule has 0 aliphatic heterocycles. The Hall–Kier alpha value is -0.710. The molecule has 0 bridgehead atoms. The van der Waals surface area contributed by atoms with Gasteiger partial charge in [-0.15, -0.1) is 10.2 Å². The molecule has 0 aromatic carbocycles. The lowest BCUT2D eigenvalue weighted by atomic mass is 9.72. The second-order valence-corrected chi connectivity index (χ2v) is 5.30. The maximum atomic E-state index is 5.60. The summed E-state index contributed by atoms with van der Waals surface area (Å²) < 4.78 is 1.84. The minimum atomic E-state index is 0.492. The van der Waals surface area contributed by atoms with Crippen LogP contribution in [0.4, 0.5) is 5.95 Å². The fraction of sp³-hybridized carbons (Fsp3) is 0.778. The van der Waals surface area contributed by atoms with Gasteiger partial charge in [-0.2, -0.15) is 0 Å². The minimum Gasteiger partial charge on any atom is -0.368 e. The fourth-order valence-electron chi connectivity index (χ4n) is 1.62. The summed E-state index contributed by atoms with van der Waals surface area (Å²) >= 11 is 1.76. The molecule has 1 aliphatic carbocycles. The Bertz CT molecular complexity index is 330. The molecule has 2 rings (SSSR count). The van der Waals surface area contributed by atoms with Gasteiger partial charge in [-0.3, -0.25) is 4.57 Å². The molecule has 2 N–H and O–H groups in total. The standard InChI is InChI=1S/C9H16N4S/c1-9(4-3-5-9)6-14-8-12-11-7(10)13(8)2/h3-6H2,1-2H3,(H2,10,11). The molecule has 1 aromatic heterocycles. The van der Waals surface area contributed by atoms with Crippen LogP contribution >= 0.6 is 11.8 Å². The van der Waals surface area contributed by atoms with Crippen molar-refractivity contribution in [2.75, 3.05) is 11.5 Å². The van der Waals surface area contributed by atoms with Crippen LogP contribution in [0.1, 0.15) is 26.2 Å². The summed E-state index contributed by atoms with van der Waals surface area (Å²) in [6, 6.07) is 0. The summed E-state index contributed by atoms with van der Waals surface area (Å²) in [5.74, 6) is 1.62. The van der Waals surface area contributed by atoms with Crippen molar-refractivity contribution >= 4 is 17.7 Å². The van der Waals surface area contributed by atoms with Crippen molar-refractivity contribution in [2.24, 2.45) is 12.5 Å². The third-order valence-electron chi connectivity index (χ3n) is 2.98. The quantitative estimate of drug-likeness (QED) is 0.774. The lowest BCUT2D eigenvalue weighted by Gasteiger charge is -2.37. The molecular formula is C9H16N4S. The van der Waals surface area contributed by atoms with Crippen LogP contribution in [0.25, 0.3) is 0 Å². The van der Waals surface area contributed by atoms with Gasteiger partial charge in [0.1, 0.15) is 0 Å². The Morgan fingerprint density at radius 3 is 2.64 bits per heavy atom. The number of aromatic nitrogens is 3. The van der Waals surface area contributed by atoms with E-state index in [-0.39, 0.29) is 0 Å². The van der Waals surface area contributed by atoms with Crippen LogP contribution < -0.4 is 5.73 Å². The summed E-state index contributed by atoms with van der Waals surface area (Å²) in [4.78, 5) is 0. The zero-order valence-corrected chi connectivity index (χ0v) is 9.47. The van der Waals surface area contributed by atoms with E-state index in [1.54, 1.807) is 11.8 Å². The number of hydrogen-bond acceptors (Lipinski definition) is 4. The van der Waals surface area contributed by atoms with Gasteiger partial charge in [0.05, 0.1) is 0 Å². The molecule has 1 aliphatic rings. The van der Waals surface area contributed by atoms with Crippen LogP contribution in [-0.2, 0) is 7.05 Å². The van der Waals surface area contributed by atoms with Gasteiger partial charge in [-0.1, -0.05) is 25.1 Å². The minimum absolute atomic E-state index is 0.492. The molecule has 1 fully saturated rings. The van der Waals surface area contributed by atoms with Crippen molar-refractivity contribution < 1.29 is 0 Å². The van der Waals surface area contributed by atoms with Gasteiger partial charge in [0, 0.05) is 12.8 Å². The normalized spacial score (nSPS) is 19.3. The number of nitrogens with zero attached hydrogens (tertiary/aromatic N) is 3. The summed E-state index contributed by atoms with van der Waals surface area (Å²) in [5, 5.41) is 8.78. The largest absolute Gasteiger partial charge is 0.368 e. The van der Waals surface area contributed by atoms with Crippen LogP contribution in [-0.4, -0.2) is 20.5 Å². The van der Waals surface area contributed by atoms with E-state index in [1.807, 2.05) is 11.6 Å². The number of hydrogen-bond donors (Lipinski definition) is 1. The van der Waals surface area contributed by atoms with Gasteiger partial charge in [-0.25, -0.2) is 0 Å². The summed E-state index contributed by atoms with van der Waals surface area (Å²) in [7, 11) is 1.90. The molecule has 1 heterocycles. The van der Waals surface area contributed by atoms with Crippen LogP contribution in [0.15, 0.2) is 5.16 Å². The van der Waals surface area contributed by atoms with Crippen LogP contribution in [0.5, 0.6) is 0 Å². The molecule has 0 amide bonds. The van der Waals surface area contributed by atoms with Gasteiger partial charge in [-0.05, 0) is 18.3 Å². The molecule has 0 radical (unpaired) electrons. The number of thioether (sulfide) groups is 1. The first-order valence-electron chi connectivity index (χ1n) is 4.88. The van der Waals surface area contributed by atoms with Gasteiger partial charge in [0.25, 0.3) is 0 Å². The fourth-order valence-corrected chi connectivity index (χ4v) is 2.77. The second-order valence-electron chi connectivity index (χ2n) is 4.35. The number of rotatable bonds is 3. The third-order valence-corrected chi connectivity index (χ3v) is 4.43. The van der Waals surface area contributed by atoms with Crippen molar-refractivity contribution in [3.05, 3.63) is 0 Å². The van der Waals surface area contributed by atoms with Crippen LogP contribution in [0.2, 0.25) is 0 Å². The van der Waals surface area contributed by atoms with E-state index in [1.165, 1.54) is 19.3 Å². The van der Waals surface area contributed by atoms with Gasteiger partial charge < -0.3 is 5.73 Å². The zero-order valence-electron chi connectivity index (χ0n) is 8.66. The van der Waals surface area contributed by atoms with Crippen molar-refractivity contribution in [3.8, 4) is 0 Å². The molecule has 0 saturated heterocycles. The summed E-state index contributed by atoms with van der Waals surface area (Å²) in [6.07, 6.45) is 4.05. The van der Waals surface area contributed by atoms with Crippen molar-refractivity contribution in [2.45, 2.75) is 31.3 Å². The lowest BCUT2D eigenvalue weighted by molar-refractivity contribution is 0.197. The van der Waals surface area contributed by atoms with Gasteiger partial charge in [0.15, 0.2) is 5.16 Å². The first-order valence-corrected chi connectivity index (χ1v) is 5.87. The van der Waals surface area contributed by atoms with E-state index in [0.29, 0.717) is 11.4 Å². The highest BCUT2D eigenvalue weighted by Gasteiger charge is 2.32. The van der Waals surface area contributed by atoms with Crippen LogP contribution in [0.3, 0.4) is 0 Å². The molecule has 4 nitrogen and oxygen atoms in total. The molecule has 1 aromatic rings. The third kappa shape index (κ3) is 1.73. The van der Waals surface area contributed by atoms with Crippen molar-refractivity contribution in [1.29, 1.82) is 0 Å². The average Bonchev–Trinajstić information content (AvgIpc) is 2.42. The molecular weight excluding hydrogens is 196 g/mol. The predicted octanol–water partition coefficient (Wildman–Crippen LogP) is 1.68. The second kappa shape index (κ2) is 3.46. The van der Waals surface area contributed by atoms with E-state index in [0.717, 1.165) is 10.9 Å².